The van der Waals surface area contributed by atoms with Crippen molar-refractivity contribution >= 4 is 63.1 Å². The Hall–Kier alpha value is -4.07. The number of carbonyl (C=O) groups is 7. The normalized spacial score (nSPS) is 23.2. The molecule has 0 radical (unpaired) electrons. The maximum Gasteiger partial charge on any atom is 0.327 e. The van der Waals surface area contributed by atoms with E-state index in [0.717, 1.165) is 26.5 Å². The van der Waals surface area contributed by atoms with Crippen LogP contribution in [0.4, 0.5) is 0 Å². The number of nitrogens with two attached hydrogens (primary N) is 2. The van der Waals surface area contributed by atoms with Crippen LogP contribution >= 0.6 is 21.6 Å². The Kier molecular flexibility index (Phi) is 15.4. The molecule has 1 aromatic rings. The van der Waals surface area contributed by atoms with Crippen LogP contribution in [0.1, 0.15) is 44.1 Å². The number of aromatic hydroxyl groups is 1. The number of benzene rings is 1. The molecular weight excluding hydrogens is 683 g/mol. The van der Waals surface area contributed by atoms with E-state index in [0.29, 0.717) is 31.4 Å². The van der Waals surface area contributed by atoms with Gasteiger partial charge in [0.15, 0.2) is 0 Å². The van der Waals surface area contributed by atoms with Crippen LogP contribution < -0.4 is 32.7 Å². The number of nitrogens with one attached hydrogen (secondary N) is 4. The highest BCUT2D eigenvalue weighted by molar-refractivity contribution is 8.76. The quantitative estimate of drug-likeness (QED) is 0.0808. The summed E-state index contributed by atoms with van der Waals surface area (Å²) in [5.41, 5.74) is 12.4. The second-order valence-electron chi connectivity index (χ2n) is 11.7. The summed E-state index contributed by atoms with van der Waals surface area (Å²) in [5, 5.41) is 38.8. The van der Waals surface area contributed by atoms with Crippen molar-refractivity contribution in [1.29, 1.82) is 0 Å². The van der Waals surface area contributed by atoms with Gasteiger partial charge in [-0.15, -0.1) is 0 Å². The molecule has 49 heavy (non-hydrogen) atoms. The Morgan fingerprint density at radius 1 is 0.980 bits per heavy atom. The molecule has 5 amide bonds. The first kappa shape index (κ1) is 39.4. The summed E-state index contributed by atoms with van der Waals surface area (Å²) in [6.45, 7) is 0.417. The lowest BCUT2D eigenvalue weighted by atomic mass is 10.0. The molecule has 2 aliphatic rings. The van der Waals surface area contributed by atoms with Crippen molar-refractivity contribution < 1.29 is 48.9 Å². The lowest BCUT2D eigenvalue weighted by Gasteiger charge is -2.30. The summed E-state index contributed by atoms with van der Waals surface area (Å²) in [6.07, 6.45) is 1.03. The smallest absolute Gasteiger partial charge is 0.327 e. The number of phenols is 1. The van der Waals surface area contributed by atoms with Crippen LogP contribution in [0.2, 0.25) is 0 Å². The predicted molar refractivity (Wildman–Crippen MR) is 180 cm³/mol. The Labute approximate surface area is 290 Å². The Morgan fingerprint density at radius 3 is 2.33 bits per heavy atom. The van der Waals surface area contributed by atoms with Crippen molar-refractivity contribution in [1.82, 2.24) is 26.2 Å². The number of rotatable bonds is 13. The standard InChI is InChI=1S/C30H43N7O10S2/c31-10-2-1-4-19(33-25(41)18(32)12-16-6-8-17(38)9-7-16)26(42)35-21-14-48-49-15-22(30(46)47)36-28(44)23-5-3-11-37(23)29(45)20(13-24(39)40)34-27(21)43/h6-9,18-23,38H,1-5,10-15,31-32H2,(H,33,41)(H,34,43)(H,35,42)(H,36,44)(H,39,40)(H,46,47)/t18-,19-,20-,21-,22-,23-/m0/s1. The molecule has 0 aromatic heterocycles. The van der Waals surface area contributed by atoms with Gasteiger partial charge in [-0.05, 0) is 62.8 Å². The fourth-order valence-corrected chi connectivity index (χ4v) is 7.62. The Balaban J connectivity index is 1.83. The molecule has 0 bridgehead atoms. The first-order chi connectivity index (χ1) is 23.3. The van der Waals surface area contributed by atoms with E-state index in [-0.39, 0.29) is 43.1 Å². The SMILES string of the molecule is NCCCC[C@H](NC(=O)[C@@H](N)Cc1ccc(O)cc1)C(=O)N[C@H]1CSSC[C@@H](C(=O)O)NC(=O)[C@@H]2CCCN2C(=O)[C@H](CC(=O)O)NC1=O. The maximum atomic E-state index is 13.6. The number of carboxylic acids is 2. The minimum atomic E-state index is -1.59. The van der Waals surface area contributed by atoms with Crippen LogP contribution in [0.15, 0.2) is 24.3 Å². The zero-order valence-corrected chi connectivity index (χ0v) is 28.3. The molecule has 2 saturated heterocycles. The second-order valence-corrected chi connectivity index (χ2v) is 14.3. The van der Waals surface area contributed by atoms with Gasteiger partial charge < -0.3 is 53.0 Å². The van der Waals surface area contributed by atoms with Gasteiger partial charge >= 0.3 is 11.9 Å². The molecule has 6 atom stereocenters. The van der Waals surface area contributed by atoms with Crippen LogP contribution in [-0.2, 0) is 40.0 Å². The maximum absolute atomic E-state index is 13.6. The van der Waals surface area contributed by atoms with Crippen LogP contribution in [-0.4, -0.2) is 123 Å². The number of carboxylic acid groups (broad SMARTS) is 2. The van der Waals surface area contributed by atoms with E-state index in [2.05, 4.69) is 21.3 Å². The monoisotopic (exact) mass is 725 g/mol. The first-order valence-electron chi connectivity index (χ1n) is 15.7. The summed E-state index contributed by atoms with van der Waals surface area (Å²) in [6, 6.07) is -1.40. The number of phenolic OH excluding ortho intramolecular Hbond substituents is 1. The predicted octanol–water partition coefficient (Wildman–Crippen LogP) is -1.72. The van der Waals surface area contributed by atoms with Gasteiger partial charge in [0.2, 0.25) is 29.5 Å². The first-order valence-corrected chi connectivity index (χ1v) is 18.2. The summed E-state index contributed by atoms with van der Waals surface area (Å²) in [5.74, 6) is -6.72. The number of aliphatic carboxylic acids is 2. The van der Waals surface area contributed by atoms with Gasteiger partial charge in [0.05, 0.1) is 12.5 Å². The zero-order valence-electron chi connectivity index (χ0n) is 26.7. The molecule has 2 heterocycles. The number of hydrogen-bond donors (Lipinski definition) is 9. The summed E-state index contributed by atoms with van der Waals surface area (Å²) >= 11 is 0. The molecule has 19 heteroatoms. The molecule has 17 nitrogen and oxygen atoms in total. The van der Waals surface area contributed by atoms with Crippen molar-refractivity contribution in [2.45, 2.75) is 81.2 Å². The molecule has 2 fully saturated rings. The van der Waals surface area contributed by atoms with Crippen molar-refractivity contribution in [2.24, 2.45) is 11.5 Å². The second kappa shape index (κ2) is 19.2. The molecular formula is C30H43N7O10S2. The summed E-state index contributed by atoms with van der Waals surface area (Å²) in [7, 11) is 2.05. The molecule has 0 spiro atoms. The van der Waals surface area contributed by atoms with E-state index >= 15 is 0 Å². The fourth-order valence-electron chi connectivity index (χ4n) is 5.30. The van der Waals surface area contributed by atoms with Gasteiger partial charge in [0.1, 0.15) is 36.0 Å². The highest BCUT2D eigenvalue weighted by Crippen LogP contribution is 2.25. The van der Waals surface area contributed by atoms with Gasteiger partial charge in [0.25, 0.3) is 0 Å². The third kappa shape index (κ3) is 12.1. The van der Waals surface area contributed by atoms with Crippen LogP contribution in [0.3, 0.4) is 0 Å². The molecule has 2 aliphatic heterocycles. The third-order valence-corrected chi connectivity index (χ3v) is 10.4. The van der Waals surface area contributed by atoms with Gasteiger partial charge in [-0.2, -0.15) is 0 Å². The highest BCUT2D eigenvalue weighted by Gasteiger charge is 2.40. The minimum Gasteiger partial charge on any atom is -0.508 e. The average Bonchev–Trinajstić information content (AvgIpc) is 3.55. The van der Waals surface area contributed by atoms with Crippen LogP contribution in [0.25, 0.3) is 0 Å². The van der Waals surface area contributed by atoms with Gasteiger partial charge in [-0.1, -0.05) is 33.7 Å². The largest absolute Gasteiger partial charge is 0.508 e. The van der Waals surface area contributed by atoms with Gasteiger partial charge in [-0.25, -0.2) is 4.79 Å². The fraction of sp³-hybridized carbons (Fsp3) is 0.567. The highest BCUT2D eigenvalue weighted by atomic mass is 33.1. The average molecular weight is 726 g/mol. The third-order valence-electron chi connectivity index (χ3n) is 7.94. The Bertz CT molecular complexity index is 1370. The van der Waals surface area contributed by atoms with Crippen molar-refractivity contribution in [3.05, 3.63) is 29.8 Å². The number of carbonyl (C=O) groups excluding carboxylic acids is 5. The number of unbranched alkanes of at least 4 members (excludes halogenated alkanes) is 1. The van der Waals surface area contributed by atoms with E-state index in [1.54, 1.807) is 12.1 Å². The summed E-state index contributed by atoms with van der Waals surface area (Å²) < 4.78 is 0. The Morgan fingerprint density at radius 2 is 1.67 bits per heavy atom. The van der Waals surface area contributed by atoms with Crippen molar-refractivity contribution in [3.63, 3.8) is 0 Å². The molecule has 1 aromatic carbocycles. The number of amides is 5. The molecule has 270 valence electrons. The topological polar surface area (TPSA) is 284 Å². The van der Waals surface area contributed by atoms with Gasteiger partial charge in [-0.3, -0.25) is 28.8 Å². The van der Waals surface area contributed by atoms with Gasteiger partial charge in [0, 0.05) is 18.1 Å². The van der Waals surface area contributed by atoms with E-state index in [1.165, 1.54) is 12.1 Å². The zero-order chi connectivity index (χ0) is 36.1. The molecule has 11 N–H and O–H groups in total. The molecule has 0 aliphatic carbocycles. The van der Waals surface area contributed by atoms with E-state index < -0.39 is 84.1 Å². The molecule has 0 unspecified atom stereocenters. The van der Waals surface area contributed by atoms with E-state index in [9.17, 15) is 48.9 Å². The van der Waals surface area contributed by atoms with Crippen LogP contribution in [0.5, 0.6) is 5.75 Å². The number of hydrogen-bond acceptors (Lipinski definition) is 12. The number of nitrogens with zero attached hydrogens (tertiary/aromatic N) is 1. The van der Waals surface area contributed by atoms with E-state index in [4.69, 9.17) is 11.5 Å². The number of fused-ring (bicyclic) bond motifs is 1. The van der Waals surface area contributed by atoms with Crippen molar-refractivity contribution in [2.75, 3.05) is 24.6 Å². The molecule has 0 saturated carbocycles. The summed E-state index contributed by atoms with van der Waals surface area (Å²) in [4.78, 5) is 91.5. The molecule has 3 rings (SSSR count). The van der Waals surface area contributed by atoms with E-state index in [1.807, 2.05) is 0 Å². The van der Waals surface area contributed by atoms with Crippen molar-refractivity contribution in [3.8, 4) is 5.75 Å². The van der Waals surface area contributed by atoms with Crippen LogP contribution in [0, 0.1) is 0 Å². The lowest BCUT2D eigenvalue weighted by Crippen LogP contribution is -2.60. The minimum absolute atomic E-state index is 0.0455. The lowest BCUT2D eigenvalue weighted by molar-refractivity contribution is -0.147.